The van der Waals surface area contributed by atoms with Crippen molar-refractivity contribution in [1.29, 1.82) is 0 Å². The van der Waals surface area contributed by atoms with Crippen molar-refractivity contribution in [2.45, 2.75) is 6.92 Å². The highest BCUT2D eigenvalue weighted by Gasteiger charge is 2.23. The van der Waals surface area contributed by atoms with E-state index in [9.17, 15) is 18.9 Å². The van der Waals surface area contributed by atoms with E-state index in [1.807, 2.05) is 19.1 Å². The minimum absolute atomic E-state index is 0.0288. The number of benzene rings is 2. The van der Waals surface area contributed by atoms with E-state index in [0.29, 0.717) is 5.69 Å². The monoisotopic (exact) mass is 357 g/mol. The Hall–Kier alpha value is -3.62. The molecule has 2 aromatic carbocycles. The molecule has 0 aliphatic rings. The number of rotatable bonds is 5. The first-order chi connectivity index (χ1) is 12.4. The van der Waals surface area contributed by atoms with E-state index in [4.69, 9.17) is 0 Å². The summed E-state index contributed by atoms with van der Waals surface area (Å²) in [4.78, 5) is 18.6. The molecule has 0 spiro atoms. The van der Waals surface area contributed by atoms with Crippen LogP contribution in [0.5, 0.6) is 0 Å². The van der Waals surface area contributed by atoms with Gasteiger partial charge >= 0.3 is 5.69 Å². The molecule has 0 atom stereocenters. The van der Waals surface area contributed by atoms with Crippen molar-refractivity contribution in [2.24, 2.45) is 0 Å². The summed E-state index contributed by atoms with van der Waals surface area (Å²) in [6.07, 6.45) is 1.13. The lowest BCUT2D eigenvalue weighted by Gasteiger charge is -2.10. The molecule has 0 aliphatic carbocycles. The highest BCUT2D eigenvalue weighted by Crippen LogP contribution is 2.33. The SMILES string of the molecule is Cc1ccc(Nc2ncnc(Nc3ccc(F)c(F)c3)c2[N+](=O)[O-])cc1. The first kappa shape index (κ1) is 17.2. The summed E-state index contributed by atoms with van der Waals surface area (Å²) >= 11 is 0. The molecule has 1 aromatic heterocycles. The fourth-order valence-corrected chi connectivity index (χ4v) is 2.22. The summed E-state index contributed by atoms with van der Waals surface area (Å²) in [6.45, 7) is 1.92. The fourth-order valence-electron chi connectivity index (χ4n) is 2.22. The van der Waals surface area contributed by atoms with Crippen molar-refractivity contribution in [3.8, 4) is 0 Å². The first-order valence-corrected chi connectivity index (χ1v) is 7.49. The highest BCUT2D eigenvalue weighted by atomic mass is 19.2. The van der Waals surface area contributed by atoms with Gasteiger partial charge in [0.2, 0.25) is 11.6 Å². The quantitative estimate of drug-likeness (QED) is 0.517. The smallest absolute Gasteiger partial charge is 0.334 e. The van der Waals surface area contributed by atoms with Crippen LogP contribution in [0.3, 0.4) is 0 Å². The number of halogens is 2. The molecule has 0 amide bonds. The van der Waals surface area contributed by atoms with Crippen LogP contribution in [0.1, 0.15) is 5.56 Å². The van der Waals surface area contributed by atoms with Gasteiger partial charge in [-0.25, -0.2) is 18.7 Å². The average Bonchev–Trinajstić information content (AvgIpc) is 2.60. The molecule has 2 N–H and O–H groups in total. The number of nitrogens with zero attached hydrogens (tertiary/aromatic N) is 3. The maximum atomic E-state index is 13.3. The van der Waals surface area contributed by atoms with Gasteiger partial charge in [-0.15, -0.1) is 0 Å². The Labute approximate surface area is 146 Å². The van der Waals surface area contributed by atoms with E-state index in [2.05, 4.69) is 20.6 Å². The minimum atomic E-state index is -1.08. The van der Waals surface area contributed by atoms with Gasteiger partial charge in [0.15, 0.2) is 11.6 Å². The van der Waals surface area contributed by atoms with E-state index >= 15 is 0 Å². The van der Waals surface area contributed by atoms with E-state index < -0.39 is 22.2 Å². The Morgan fingerprint density at radius 2 is 1.50 bits per heavy atom. The molecule has 3 aromatic rings. The van der Waals surface area contributed by atoms with Crippen molar-refractivity contribution in [2.75, 3.05) is 10.6 Å². The Morgan fingerprint density at radius 1 is 0.923 bits per heavy atom. The Bertz CT molecular complexity index is 964. The molecular weight excluding hydrogens is 344 g/mol. The molecule has 3 rings (SSSR count). The second kappa shape index (κ2) is 7.09. The number of hydrogen-bond acceptors (Lipinski definition) is 6. The van der Waals surface area contributed by atoms with Gasteiger partial charge in [-0.2, -0.15) is 0 Å². The van der Waals surface area contributed by atoms with Crippen molar-refractivity contribution < 1.29 is 13.7 Å². The molecule has 1 heterocycles. The van der Waals surface area contributed by atoms with Gasteiger partial charge in [0, 0.05) is 17.4 Å². The van der Waals surface area contributed by atoms with E-state index in [-0.39, 0.29) is 17.3 Å². The molecule has 0 bridgehead atoms. The van der Waals surface area contributed by atoms with Crippen molar-refractivity contribution in [1.82, 2.24) is 9.97 Å². The van der Waals surface area contributed by atoms with Crippen LogP contribution < -0.4 is 10.6 Å². The van der Waals surface area contributed by atoms with Crippen LogP contribution in [0, 0.1) is 28.7 Å². The van der Waals surface area contributed by atoms with Gasteiger partial charge in [-0.3, -0.25) is 10.1 Å². The van der Waals surface area contributed by atoms with Crippen LogP contribution in [0.15, 0.2) is 48.8 Å². The van der Waals surface area contributed by atoms with Crippen LogP contribution in [-0.4, -0.2) is 14.9 Å². The third kappa shape index (κ3) is 3.72. The van der Waals surface area contributed by atoms with E-state index in [0.717, 1.165) is 24.0 Å². The predicted molar refractivity (Wildman–Crippen MR) is 92.8 cm³/mol. The molecule has 26 heavy (non-hydrogen) atoms. The number of aromatic nitrogens is 2. The summed E-state index contributed by atoms with van der Waals surface area (Å²) in [6, 6.07) is 10.2. The van der Waals surface area contributed by atoms with Crippen LogP contribution in [0.25, 0.3) is 0 Å². The van der Waals surface area contributed by atoms with Crippen molar-refractivity contribution in [3.63, 3.8) is 0 Å². The zero-order valence-corrected chi connectivity index (χ0v) is 13.5. The van der Waals surface area contributed by atoms with Crippen molar-refractivity contribution >= 4 is 28.7 Å². The van der Waals surface area contributed by atoms with Gasteiger partial charge in [-0.05, 0) is 31.2 Å². The molecule has 0 aliphatic heterocycles. The molecule has 132 valence electrons. The Kier molecular flexibility index (Phi) is 4.70. The topological polar surface area (TPSA) is 93.0 Å². The second-order valence-corrected chi connectivity index (χ2v) is 5.42. The van der Waals surface area contributed by atoms with E-state index in [1.165, 1.54) is 6.07 Å². The average molecular weight is 357 g/mol. The van der Waals surface area contributed by atoms with Gasteiger partial charge in [0.05, 0.1) is 4.92 Å². The Morgan fingerprint density at radius 3 is 2.08 bits per heavy atom. The molecule has 9 heteroatoms. The molecule has 0 unspecified atom stereocenters. The second-order valence-electron chi connectivity index (χ2n) is 5.42. The zero-order chi connectivity index (χ0) is 18.7. The number of nitrogens with one attached hydrogen (secondary N) is 2. The van der Waals surface area contributed by atoms with Crippen LogP contribution in [0.2, 0.25) is 0 Å². The summed E-state index contributed by atoms with van der Waals surface area (Å²) in [5.74, 6) is -2.27. The fraction of sp³-hybridized carbons (Fsp3) is 0.0588. The summed E-state index contributed by atoms with van der Waals surface area (Å²) in [5, 5.41) is 17.0. The van der Waals surface area contributed by atoms with E-state index in [1.54, 1.807) is 12.1 Å². The maximum Gasteiger partial charge on any atom is 0.353 e. The summed E-state index contributed by atoms with van der Waals surface area (Å²) in [7, 11) is 0. The molecule has 0 saturated carbocycles. The Balaban J connectivity index is 1.96. The molecule has 7 nitrogen and oxygen atoms in total. The highest BCUT2D eigenvalue weighted by molar-refractivity contribution is 5.76. The predicted octanol–water partition coefficient (Wildman–Crippen LogP) is 4.46. The lowest BCUT2D eigenvalue weighted by atomic mass is 10.2. The largest absolute Gasteiger partial charge is 0.353 e. The van der Waals surface area contributed by atoms with Crippen LogP contribution >= 0.6 is 0 Å². The molecular formula is C17H13F2N5O2. The van der Waals surface area contributed by atoms with Crippen molar-refractivity contribution in [3.05, 3.63) is 76.1 Å². The van der Waals surface area contributed by atoms with Crippen LogP contribution in [0.4, 0.5) is 37.5 Å². The number of nitro groups is 1. The zero-order valence-electron chi connectivity index (χ0n) is 13.5. The van der Waals surface area contributed by atoms with Gasteiger partial charge in [-0.1, -0.05) is 17.7 Å². The molecule has 0 saturated heterocycles. The van der Waals surface area contributed by atoms with Crippen LogP contribution in [-0.2, 0) is 0 Å². The van der Waals surface area contributed by atoms with Gasteiger partial charge in [0.25, 0.3) is 0 Å². The number of hydrogen-bond donors (Lipinski definition) is 2. The molecule has 0 fully saturated rings. The minimum Gasteiger partial charge on any atom is -0.334 e. The number of anilines is 4. The lowest BCUT2D eigenvalue weighted by molar-refractivity contribution is -0.383. The standard InChI is InChI=1S/C17H13F2N5O2/c1-10-2-4-11(5-3-10)22-16-15(24(25)26)17(21-9-20-16)23-12-6-7-13(18)14(19)8-12/h2-9H,1H3,(H2,20,21,22,23). The number of aryl methyl sites for hydroxylation is 1. The molecule has 0 radical (unpaired) electrons. The maximum absolute atomic E-state index is 13.3. The third-order valence-electron chi connectivity index (χ3n) is 3.50. The summed E-state index contributed by atoms with van der Waals surface area (Å²) < 4.78 is 26.4. The van der Waals surface area contributed by atoms with Gasteiger partial charge in [0.1, 0.15) is 6.33 Å². The normalized spacial score (nSPS) is 10.4. The third-order valence-corrected chi connectivity index (χ3v) is 3.50. The lowest BCUT2D eigenvalue weighted by Crippen LogP contribution is -2.05. The van der Waals surface area contributed by atoms with Gasteiger partial charge < -0.3 is 10.6 Å². The summed E-state index contributed by atoms with van der Waals surface area (Å²) in [5.41, 5.74) is 1.34. The first-order valence-electron chi connectivity index (χ1n) is 7.49.